The fourth-order valence-electron chi connectivity index (χ4n) is 4.21. The quantitative estimate of drug-likeness (QED) is 0.295. The average Bonchev–Trinajstić information content (AvgIpc) is 2.96. The van der Waals surface area contributed by atoms with Crippen molar-refractivity contribution in [1.82, 2.24) is 10.2 Å². The maximum absolute atomic E-state index is 14.1. The number of carbonyl (C=O) groups excluding carboxylic acids is 2. The fraction of sp³-hybridized carbons (Fsp3) is 0.333. The molecule has 10 heteroatoms. The van der Waals surface area contributed by atoms with Gasteiger partial charge in [0.1, 0.15) is 18.3 Å². The predicted octanol–water partition coefficient (Wildman–Crippen LogP) is 5.27. The lowest BCUT2D eigenvalue weighted by Gasteiger charge is -2.33. The average molecular weight is 586 g/mol. The fourth-order valence-corrected chi connectivity index (χ4v) is 5.82. The highest BCUT2D eigenvalue weighted by Gasteiger charge is 2.34. The maximum atomic E-state index is 14.1. The molecule has 0 fully saturated rings. The summed E-state index contributed by atoms with van der Waals surface area (Å²) in [6, 6.07) is 20.5. The number of nitrogens with zero attached hydrogens (tertiary/aromatic N) is 2. The van der Waals surface area contributed by atoms with Crippen LogP contribution in [0.5, 0.6) is 5.75 Å². The minimum Gasteiger partial charge on any atom is -0.497 e. The number of nitrogens with one attached hydrogen (secondary N) is 1. The van der Waals surface area contributed by atoms with Crippen LogP contribution in [0.2, 0.25) is 5.02 Å². The minimum absolute atomic E-state index is 0.0312. The van der Waals surface area contributed by atoms with E-state index in [2.05, 4.69) is 5.32 Å². The monoisotopic (exact) mass is 585 g/mol. The molecule has 0 heterocycles. The van der Waals surface area contributed by atoms with Gasteiger partial charge in [0.25, 0.3) is 10.0 Å². The summed E-state index contributed by atoms with van der Waals surface area (Å²) in [5.41, 5.74) is 0.978. The Balaban J connectivity index is 2.06. The Morgan fingerprint density at radius 2 is 1.65 bits per heavy atom. The summed E-state index contributed by atoms with van der Waals surface area (Å²) in [5.74, 6) is -0.226. The summed E-state index contributed by atoms with van der Waals surface area (Å²) in [7, 11) is -2.60. The molecular weight excluding hydrogens is 550 g/mol. The first kappa shape index (κ1) is 31.0. The number of carbonyl (C=O) groups is 2. The van der Waals surface area contributed by atoms with Gasteiger partial charge in [-0.15, -0.1) is 0 Å². The van der Waals surface area contributed by atoms with Gasteiger partial charge in [-0.3, -0.25) is 13.9 Å². The number of ether oxygens (including phenoxy) is 1. The van der Waals surface area contributed by atoms with E-state index in [1.165, 1.54) is 23.1 Å². The van der Waals surface area contributed by atoms with Gasteiger partial charge >= 0.3 is 0 Å². The first-order valence-electron chi connectivity index (χ1n) is 13.2. The second kappa shape index (κ2) is 14.2. The standard InChI is InChI=1S/C30H36ClN3O5S/c1-5-22(3)32-30(36)28(6-2)33(20-23-12-10-15-26(18-23)39-4)29(35)21-34(25-14-11-13-24(31)19-25)40(37,38)27-16-8-7-9-17-27/h7-19,22,28H,5-6,20-21H2,1-4H3,(H,32,36)/t22-,28-/m0/s1. The maximum Gasteiger partial charge on any atom is 0.264 e. The van der Waals surface area contributed by atoms with Crippen LogP contribution < -0.4 is 14.4 Å². The number of anilines is 1. The minimum atomic E-state index is -4.15. The van der Waals surface area contributed by atoms with Crippen LogP contribution in [-0.4, -0.2) is 50.9 Å². The topological polar surface area (TPSA) is 96.0 Å². The van der Waals surface area contributed by atoms with Crippen molar-refractivity contribution >= 4 is 39.1 Å². The molecule has 3 rings (SSSR count). The van der Waals surface area contributed by atoms with E-state index in [0.29, 0.717) is 17.2 Å². The Bertz CT molecular complexity index is 1400. The molecular formula is C30H36ClN3O5S. The van der Waals surface area contributed by atoms with Gasteiger partial charge in [-0.25, -0.2) is 8.42 Å². The van der Waals surface area contributed by atoms with Crippen LogP contribution in [0.1, 0.15) is 39.2 Å². The van der Waals surface area contributed by atoms with Crippen molar-refractivity contribution < 1.29 is 22.7 Å². The van der Waals surface area contributed by atoms with Crippen LogP contribution in [0, 0.1) is 0 Å². The molecule has 0 aliphatic rings. The third-order valence-electron chi connectivity index (χ3n) is 6.58. The van der Waals surface area contributed by atoms with Gasteiger partial charge < -0.3 is 15.0 Å². The van der Waals surface area contributed by atoms with Crippen molar-refractivity contribution in [2.75, 3.05) is 18.0 Å². The first-order valence-corrected chi connectivity index (χ1v) is 15.0. The van der Waals surface area contributed by atoms with Gasteiger partial charge in [-0.2, -0.15) is 0 Å². The van der Waals surface area contributed by atoms with Crippen LogP contribution in [0.4, 0.5) is 5.69 Å². The summed E-state index contributed by atoms with van der Waals surface area (Å²) in [6.45, 7) is 5.22. The molecule has 2 amide bonds. The summed E-state index contributed by atoms with van der Waals surface area (Å²) in [5, 5.41) is 3.29. The normalized spacial score (nSPS) is 12.7. The van der Waals surface area contributed by atoms with Crippen molar-refractivity contribution in [2.24, 2.45) is 0 Å². The molecule has 0 unspecified atom stereocenters. The van der Waals surface area contributed by atoms with E-state index in [-0.39, 0.29) is 29.1 Å². The van der Waals surface area contributed by atoms with Crippen molar-refractivity contribution in [2.45, 2.75) is 57.1 Å². The molecule has 0 aromatic heterocycles. The van der Waals surface area contributed by atoms with E-state index < -0.39 is 28.5 Å². The zero-order valence-electron chi connectivity index (χ0n) is 23.2. The number of hydrogen-bond acceptors (Lipinski definition) is 5. The Labute approximate surface area is 241 Å². The molecule has 214 valence electrons. The number of sulfonamides is 1. The second-order valence-electron chi connectivity index (χ2n) is 9.42. The second-order valence-corrected chi connectivity index (χ2v) is 11.7. The Morgan fingerprint density at radius 1 is 0.950 bits per heavy atom. The molecule has 0 aliphatic heterocycles. The SMILES string of the molecule is CC[C@H](C)NC(=O)[C@H](CC)N(Cc1cccc(OC)c1)C(=O)CN(c1cccc(Cl)c1)S(=O)(=O)c1ccccc1. The van der Waals surface area contributed by atoms with Crippen LogP contribution in [0.3, 0.4) is 0 Å². The lowest BCUT2D eigenvalue weighted by Crippen LogP contribution is -2.53. The van der Waals surface area contributed by atoms with Gasteiger partial charge in [0.05, 0.1) is 17.7 Å². The van der Waals surface area contributed by atoms with Crippen LogP contribution in [0.15, 0.2) is 83.8 Å². The first-order chi connectivity index (χ1) is 19.1. The van der Waals surface area contributed by atoms with Crippen LogP contribution in [0.25, 0.3) is 0 Å². The number of benzene rings is 3. The Morgan fingerprint density at radius 3 is 2.27 bits per heavy atom. The van der Waals surface area contributed by atoms with E-state index in [9.17, 15) is 18.0 Å². The Kier molecular flexibility index (Phi) is 11.0. The van der Waals surface area contributed by atoms with E-state index in [1.807, 2.05) is 26.8 Å². The molecule has 0 bridgehead atoms. The number of halogens is 1. The highest BCUT2D eigenvalue weighted by atomic mass is 35.5. The van der Waals surface area contributed by atoms with E-state index in [1.54, 1.807) is 61.7 Å². The molecule has 40 heavy (non-hydrogen) atoms. The molecule has 0 spiro atoms. The molecule has 0 aliphatic carbocycles. The smallest absolute Gasteiger partial charge is 0.264 e. The molecule has 0 saturated heterocycles. The van der Waals surface area contributed by atoms with Crippen molar-refractivity contribution in [3.05, 3.63) is 89.4 Å². The van der Waals surface area contributed by atoms with Gasteiger partial charge in [0.2, 0.25) is 11.8 Å². The molecule has 3 aromatic carbocycles. The lowest BCUT2D eigenvalue weighted by atomic mass is 10.1. The summed E-state index contributed by atoms with van der Waals surface area (Å²) >= 11 is 6.21. The lowest BCUT2D eigenvalue weighted by molar-refractivity contribution is -0.140. The number of rotatable bonds is 13. The molecule has 2 atom stereocenters. The van der Waals surface area contributed by atoms with Crippen molar-refractivity contribution in [3.63, 3.8) is 0 Å². The molecule has 8 nitrogen and oxygen atoms in total. The van der Waals surface area contributed by atoms with Gasteiger partial charge in [-0.05, 0) is 67.8 Å². The van der Waals surface area contributed by atoms with Crippen LogP contribution >= 0.6 is 11.6 Å². The van der Waals surface area contributed by atoms with Crippen LogP contribution in [-0.2, 0) is 26.2 Å². The molecule has 3 aromatic rings. The zero-order valence-corrected chi connectivity index (χ0v) is 24.8. The number of methoxy groups -OCH3 is 1. The highest BCUT2D eigenvalue weighted by Crippen LogP contribution is 2.27. The third kappa shape index (κ3) is 7.76. The highest BCUT2D eigenvalue weighted by molar-refractivity contribution is 7.92. The van der Waals surface area contributed by atoms with Gasteiger partial charge in [0.15, 0.2) is 0 Å². The third-order valence-corrected chi connectivity index (χ3v) is 8.60. The largest absolute Gasteiger partial charge is 0.497 e. The van der Waals surface area contributed by atoms with E-state index in [4.69, 9.17) is 16.3 Å². The van der Waals surface area contributed by atoms with Gasteiger partial charge in [-0.1, -0.05) is 61.8 Å². The summed E-state index contributed by atoms with van der Waals surface area (Å²) < 4.78 is 34.0. The molecule has 0 saturated carbocycles. The molecule has 1 N–H and O–H groups in total. The van der Waals surface area contributed by atoms with E-state index >= 15 is 0 Å². The number of amides is 2. The summed E-state index contributed by atoms with van der Waals surface area (Å²) in [4.78, 5) is 28.9. The Hall–Kier alpha value is -3.56. The number of hydrogen-bond donors (Lipinski definition) is 1. The molecule has 0 radical (unpaired) electrons. The predicted molar refractivity (Wildman–Crippen MR) is 158 cm³/mol. The van der Waals surface area contributed by atoms with E-state index in [0.717, 1.165) is 16.3 Å². The van der Waals surface area contributed by atoms with Crippen molar-refractivity contribution in [1.29, 1.82) is 0 Å². The zero-order chi connectivity index (χ0) is 29.3. The van der Waals surface area contributed by atoms with Crippen molar-refractivity contribution in [3.8, 4) is 5.75 Å². The van der Waals surface area contributed by atoms with Gasteiger partial charge in [0, 0.05) is 17.6 Å². The summed E-state index contributed by atoms with van der Waals surface area (Å²) in [6.07, 6.45) is 1.06.